The minimum absolute atomic E-state index is 0.0611. The van der Waals surface area contributed by atoms with Crippen molar-refractivity contribution in [2.45, 2.75) is 46.2 Å². The van der Waals surface area contributed by atoms with E-state index < -0.39 is 0 Å². The average molecular weight is 209 g/mol. The Labute approximate surface area is 90.1 Å². The first-order valence-corrected chi connectivity index (χ1v) is 5.44. The minimum atomic E-state index is -0.0611. The minimum Gasteiger partial charge on any atom is -0.311 e. The third-order valence-electron chi connectivity index (χ3n) is 2.02. The van der Waals surface area contributed by atoms with E-state index in [1.54, 1.807) is 6.07 Å². The predicted molar refractivity (Wildman–Crippen MR) is 60.8 cm³/mol. The summed E-state index contributed by atoms with van der Waals surface area (Å²) in [5.41, 5.74) is 0.755. The van der Waals surface area contributed by atoms with E-state index in [-0.39, 0.29) is 5.56 Å². The lowest BCUT2D eigenvalue weighted by Gasteiger charge is -2.08. The average Bonchev–Trinajstić information content (AvgIpc) is 2.14. The SMILES string of the molecule is CCCc1nc(CNC(C)C)cc(=O)[nH]1. The van der Waals surface area contributed by atoms with Gasteiger partial charge in [0.1, 0.15) is 5.82 Å². The van der Waals surface area contributed by atoms with E-state index in [9.17, 15) is 4.79 Å². The van der Waals surface area contributed by atoms with Gasteiger partial charge in [-0.05, 0) is 6.42 Å². The van der Waals surface area contributed by atoms with Crippen molar-refractivity contribution in [3.63, 3.8) is 0 Å². The van der Waals surface area contributed by atoms with Crippen LogP contribution in [0.5, 0.6) is 0 Å². The molecule has 2 N–H and O–H groups in total. The van der Waals surface area contributed by atoms with Gasteiger partial charge < -0.3 is 10.3 Å². The number of aryl methyl sites for hydroxylation is 1. The van der Waals surface area contributed by atoms with Gasteiger partial charge >= 0.3 is 0 Å². The molecule has 0 aliphatic carbocycles. The van der Waals surface area contributed by atoms with Crippen molar-refractivity contribution in [3.8, 4) is 0 Å². The number of H-pyrrole nitrogens is 1. The van der Waals surface area contributed by atoms with Crippen LogP contribution in [0.2, 0.25) is 0 Å². The quantitative estimate of drug-likeness (QED) is 0.766. The van der Waals surface area contributed by atoms with Crippen LogP contribution in [0.15, 0.2) is 10.9 Å². The maximum absolute atomic E-state index is 11.3. The van der Waals surface area contributed by atoms with Crippen LogP contribution < -0.4 is 10.9 Å². The van der Waals surface area contributed by atoms with Crippen LogP contribution in [0, 0.1) is 0 Å². The Morgan fingerprint density at radius 3 is 2.87 bits per heavy atom. The molecule has 4 nitrogen and oxygen atoms in total. The largest absolute Gasteiger partial charge is 0.311 e. The van der Waals surface area contributed by atoms with Crippen molar-refractivity contribution < 1.29 is 0 Å². The second-order valence-electron chi connectivity index (χ2n) is 3.97. The van der Waals surface area contributed by atoms with Crippen LogP contribution in [0.3, 0.4) is 0 Å². The molecule has 0 aliphatic heterocycles. The summed E-state index contributed by atoms with van der Waals surface area (Å²) in [5, 5.41) is 3.24. The fourth-order valence-electron chi connectivity index (χ4n) is 1.32. The third-order valence-corrected chi connectivity index (χ3v) is 2.02. The highest BCUT2D eigenvalue weighted by molar-refractivity contribution is 5.02. The van der Waals surface area contributed by atoms with Gasteiger partial charge in [-0.3, -0.25) is 4.79 Å². The molecule has 0 saturated heterocycles. The van der Waals surface area contributed by atoms with Gasteiger partial charge in [-0.2, -0.15) is 0 Å². The molecule has 1 heterocycles. The van der Waals surface area contributed by atoms with Crippen LogP contribution in [-0.4, -0.2) is 16.0 Å². The smallest absolute Gasteiger partial charge is 0.251 e. The molecular weight excluding hydrogens is 190 g/mol. The molecule has 0 aromatic carbocycles. The number of hydrogen-bond donors (Lipinski definition) is 2. The predicted octanol–water partition coefficient (Wildman–Crippen LogP) is 1.22. The lowest BCUT2D eigenvalue weighted by molar-refractivity contribution is 0.577. The molecule has 0 bridgehead atoms. The van der Waals surface area contributed by atoms with Gasteiger partial charge in [-0.25, -0.2) is 4.98 Å². The van der Waals surface area contributed by atoms with E-state index in [0.717, 1.165) is 24.4 Å². The van der Waals surface area contributed by atoms with E-state index in [2.05, 4.69) is 36.1 Å². The van der Waals surface area contributed by atoms with Crippen LogP contribution in [0.4, 0.5) is 0 Å². The zero-order chi connectivity index (χ0) is 11.3. The van der Waals surface area contributed by atoms with Crippen LogP contribution in [0.1, 0.15) is 38.7 Å². The highest BCUT2D eigenvalue weighted by Crippen LogP contribution is 1.96. The van der Waals surface area contributed by atoms with Crippen LogP contribution in [0.25, 0.3) is 0 Å². The first kappa shape index (κ1) is 11.9. The zero-order valence-corrected chi connectivity index (χ0v) is 9.63. The van der Waals surface area contributed by atoms with Gasteiger partial charge in [0.15, 0.2) is 0 Å². The summed E-state index contributed by atoms with van der Waals surface area (Å²) in [4.78, 5) is 18.4. The van der Waals surface area contributed by atoms with Gasteiger partial charge in [0.25, 0.3) is 5.56 Å². The first-order chi connectivity index (χ1) is 7.11. The number of aromatic nitrogens is 2. The normalized spacial score (nSPS) is 10.9. The van der Waals surface area contributed by atoms with Gasteiger partial charge in [0, 0.05) is 25.1 Å². The Hall–Kier alpha value is -1.16. The molecule has 1 aromatic rings. The van der Waals surface area contributed by atoms with Gasteiger partial charge in [-0.1, -0.05) is 20.8 Å². The van der Waals surface area contributed by atoms with Crippen molar-refractivity contribution in [3.05, 3.63) is 27.9 Å². The second-order valence-corrected chi connectivity index (χ2v) is 3.97. The van der Waals surface area contributed by atoms with Crippen molar-refractivity contribution in [1.29, 1.82) is 0 Å². The van der Waals surface area contributed by atoms with Crippen molar-refractivity contribution in [2.75, 3.05) is 0 Å². The van der Waals surface area contributed by atoms with E-state index in [1.165, 1.54) is 0 Å². The molecule has 0 unspecified atom stereocenters. The molecule has 0 radical (unpaired) electrons. The number of hydrogen-bond acceptors (Lipinski definition) is 3. The van der Waals surface area contributed by atoms with Gasteiger partial charge in [-0.15, -0.1) is 0 Å². The molecule has 1 rings (SSSR count). The number of aromatic amines is 1. The Kier molecular flexibility index (Phi) is 4.49. The Morgan fingerprint density at radius 1 is 1.53 bits per heavy atom. The maximum atomic E-state index is 11.3. The Bertz CT molecular complexity index is 357. The standard InChI is InChI=1S/C11H19N3O/c1-4-5-10-13-9(6-11(15)14-10)7-12-8(2)3/h6,8,12H,4-5,7H2,1-3H3,(H,13,14,15). The zero-order valence-electron chi connectivity index (χ0n) is 9.63. The fourth-order valence-corrected chi connectivity index (χ4v) is 1.32. The van der Waals surface area contributed by atoms with E-state index in [0.29, 0.717) is 12.6 Å². The molecule has 15 heavy (non-hydrogen) atoms. The first-order valence-electron chi connectivity index (χ1n) is 5.44. The van der Waals surface area contributed by atoms with Crippen molar-refractivity contribution >= 4 is 0 Å². The summed E-state index contributed by atoms with van der Waals surface area (Å²) >= 11 is 0. The Balaban J connectivity index is 2.75. The van der Waals surface area contributed by atoms with Crippen LogP contribution in [-0.2, 0) is 13.0 Å². The highest BCUT2D eigenvalue weighted by Gasteiger charge is 2.01. The highest BCUT2D eigenvalue weighted by atomic mass is 16.1. The molecule has 0 fully saturated rings. The maximum Gasteiger partial charge on any atom is 0.251 e. The van der Waals surface area contributed by atoms with E-state index >= 15 is 0 Å². The molecule has 0 saturated carbocycles. The summed E-state index contributed by atoms with van der Waals surface area (Å²) in [5.74, 6) is 0.783. The lowest BCUT2D eigenvalue weighted by atomic mass is 10.3. The summed E-state index contributed by atoms with van der Waals surface area (Å²) in [6, 6.07) is 1.95. The van der Waals surface area contributed by atoms with E-state index in [1.807, 2.05) is 0 Å². The summed E-state index contributed by atoms with van der Waals surface area (Å²) in [6.07, 6.45) is 1.81. The third kappa shape index (κ3) is 4.25. The molecular formula is C11H19N3O. The molecule has 0 aliphatic rings. The van der Waals surface area contributed by atoms with Crippen molar-refractivity contribution in [2.24, 2.45) is 0 Å². The molecule has 0 amide bonds. The van der Waals surface area contributed by atoms with Crippen molar-refractivity contribution in [1.82, 2.24) is 15.3 Å². The number of nitrogens with zero attached hydrogens (tertiary/aromatic N) is 1. The molecule has 84 valence electrons. The van der Waals surface area contributed by atoms with Gasteiger partial charge in [0.2, 0.25) is 0 Å². The molecule has 1 aromatic heterocycles. The topological polar surface area (TPSA) is 57.8 Å². The lowest BCUT2D eigenvalue weighted by Crippen LogP contribution is -2.24. The Morgan fingerprint density at radius 2 is 2.27 bits per heavy atom. The molecule has 0 spiro atoms. The summed E-state index contributed by atoms with van der Waals surface area (Å²) in [7, 11) is 0. The monoisotopic (exact) mass is 209 g/mol. The van der Waals surface area contributed by atoms with Gasteiger partial charge in [0.05, 0.1) is 5.69 Å². The summed E-state index contributed by atoms with van der Waals surface area (Å²) < 4.78 is 0. The fraction of sp³-hybridized carbons (Fsp3) is 0.636. The molecule has 0 atom stereocenters. The van der Waals surface area contributed by atoms with E-state index in [4.69, 9.17) is 0 Å². The summed E-state index contributed by atoms with van der Waals surface area (Å²) in [6.45, 7) is 6.86. The number of nitrogens with one attached hydrogen (secondary N) is 2. The number of rotatable bonds is 5. The molecule has 4 heteroatoms. The van der Waals surface area contributed by atoms with Crippen LogP contribution >= 0.6 is 0 Å². The second kappa shape index (κ2) is 5.66.